The van der Waals surface area contributed by atoms with Gasteiger partial charge in [-0.25, -0.2) is 0 Å². The Morgan fingerprint density at radius 1 is 1.27 bits per heavy atom. The molecule has 1 amide bonds. The Hall–Kier alpha value is -2.90. The first-order chi connectivity index (χ1) is 12.4. The first-order valence-corrected chi connectivity index (χ1v) is 8.44. The van der Waals surface area contributed by atoms with Crippen molar-refractivity contribution in [2.45, 2.75) is 40.2 Å². The van der Waals surface area contributed by atoms with Crippen molar-refractivity contribution in [3.05, 3.63) is 41.5 Å². The molecule has 0 unspecified atom stereocenters. The van der Waals surface area contributed by atoms with Crippen LogP contribution in [0, 0.1) is 12.3 Å². The van der Waals surface area contributed by atoms with Crippen molar-refractivity contribution in [3.63, 3.8) is 0 Å². The van der Waals surface area contributed by atoms with Gasteiger partial charge in [-0.05, 0) is 25.0 Å². The number of carboxylic acids is 1. The zero-order valence-electron chi connectivity index (χ0n) is 15.1. The van der Waals surface area contributed by atoms with Crippen molar-refractivity contribution in [2.75, 3.05) is 6.54 Å². The van der Waals surface area contributed by atoms with Gasteiger partial charge >= 0.3 is 5.97 Å². The number of nitrogens with one attached hydrogen (secondary N) is 1. The summed E-state index contributed by atoms with van der Waals surface area (Å²) in [6.07, 6.45) is 0.850. The lowest BCUT2D eigenvalue weighted by atomic mass is 9.82. The lowest BCUT2D eigenvalue weighted by Gasteiger charge is -2.27. The normalized spacial score (nSPS) is 11.2. The third-order valence-electron chi connectivity index (χ3n) is 4.45. The summed E-state index contributed by atoms with van der Waals surface area (Å²) in [6, 6.07) is 6.73. The van der Waals surface area contributed by atoms with Crippen LogP contribution in [0.1, 0.15) is 48.8 Å². The predicted octanol–water partition coefficient (Wildman–Crippen LogP) is 2.58. The van der Waals surface area contributed by atoms with Gasteiger partial charge in [-0.15, -0.1) is 0 Å². The van der Waals surface area contributed by atoms with Crippen LogP contribution in [0.2, 0.25) is 0 Å². The molecule has 0 atom stereocenters. The van der Waals surface area contributed by atoms with Gasteiger partial charge in [0.25, 0.3) is 5.91 Å². The Morgan fingerprint density at radius 3 is 2.54 bits per heavy atom. The topological polar surface area (TPSA) is 115 Å². The molecule has 1 heterocycles. The number of aliphatic carboxylic acids is 1. The Bertz CT molecular complexity index is 768. The molecule has 0 spiro atoms. The summed E-state index contributed by atoms with van der Waals surface area (Å²) in [6.45, 7) is 5.38. The molecule has 2 aromatic rings. The van der Waals surface area contributed by atoms with E-state index in [0.717, 1.165) is 0 Å². The average molecular weight is 361 g/mol. The van der Waals surface area contributed by atoms with Crippen LogP contribution < -0.4 is 10.1 Å². The van der Waals surface area contributed by atoms with E-state index < -0.39 is 17.3 Å². The number of benzene rings is 1. The van der Waals surface area contributed by atoms with E-state index in [4.69, 9.17) is 9.26 Å². The number of amides is 1. The Morgan fingerprint density at radius 2 is 1.96 bits per heavy atom. The lowest BCUT2D eigenvalue weighted by molar-refractivity contribution is -0.149. The van der Waals surface area contributed by atoms with Crippen LogP contribution >= 0.6 is 0 Å². The summed E-state index contributed by atoms with van der Waals surface area (Å²) >= 11 is 0. The molecule has 2 rings (SSSR count). The summed E-state index contributed by atoms with van der Waals surface area (Å²) in [5, 5.41) is 15.9. The van der Waals surface area contributed by atoms with E-state index >= 15 is 0 Å². The summed E-state index contributed by atoms with van der Waals surface area (Å²) in [5.41, 5.74) is -0.660. The minimum Gasteiger partial charge on any atom is -0.485 e. The monoisotopic (exact) mass is 361 g/mol. The fourth-order valence-corrected chi connectivity index (χ4v) is 2.55. The van der Waals surface area contributed by atoms with Crippen molar-refractivity contribution in [1.29, 1.82) is 0 Å². The minimum atomic E-state index is -0.979. The number of carbonyl (C=O) groups is 2. The standard InChI is InChI=1S/C18H23N3O5/c1-4-18(5-2,17(23)24)11-19-16(22)13-8-6-7-9-14(13)25-10-15-20-12(3)26-21-15/h6-9H,4-5,10-11H2,1-3H3,(H,19,22)(H,23,24). The summed E-state index contributed by atoms with van der Waals surface area (Å²) in [5.74, 6) is -0.142. The predicted molar refractivity (Wildman–Crippen MR) is 92.8 cm³/mol. The highest BCUT2D eigenvalue weighted by Gasteiger charge is 2.35. The average Bonchev–Trinajstić information content (AvgIpc) is 3.06. The molecule has 0 aliphatic rings. The van der Waals surface area contributed by atoms with Crippen molar-refractivity contribution in [3.8, 4) is 5.75 Å². The highest BCUT2D eigenvalue weighted by molar-refractivity contribution is 5.97. The largest absolute Gasteiger partial charge is 0.485 e. The van der Waals surface area contributed by atoms with Gasteiger partial charge in [-0.1, -0.05) is 31.1 Å². The number of nitrogens with zero attached hydrogens (tertiary/aromatic N) is 2. The minimum absolute atomic E-state index is 0.0482. The highest BCUT2D eigenvalue weighted by atomic mass is 16.5. The second-order valence-electron chi connectivity index (χ2n) is 5.99. The smallest absolute Gasteiger partial charge is 0.311 e. The molecular formula is C18H23N3O5. The number of hydrogen-bond donors (Lipinski definition) is 2. The van der Waals surface area contributed by atoms with Crippen LogP contribution in [0.5, 0.6) is 5.75 Å². The zero-order valence-corrected chi connectivity index (χ0v) is 15.1. The SMILES string of the molecule is CCC(CC)(CNC(=O)c1ccccc1OCc1noc(C)n1)C(=O)O. The van der Waals surface area contributed by atoms with Gasteiger partial charge in [0.1, 0.15) is 5.75 Å². The van der Waals surface area contributed by atoms with Crippen LogP contribution in [0.15, 0.2) is 28.8 Å². The first kappa shape index (κ1) is 19.4. The van der Waals surface area contributed by atoms with E-state index in [1.165, 1.54) is 0 Å². The third kappa shape index (κ3) is 4.38. The molecule has 0 aliphatic heterocycles. The molecule has 1 aromatic carbocycles. The Labute approximate surface area is 151 Å². The van der Waals surface area contributed by atoms with Gasteiger partial charge in [0.05, 0.1) is 11.0 Å². The molecule has 26 heavy (non-hydrogen) atoms. The number of para-hydroxylation sites is 1. The lowest BCUT2D eigenvalue weighted by Crippen LogP contribution is -2.42. The van der Waals surface area contributed by atoms with Gasteiger partial charge < -0.3 is 19.7 Å². The first-order valence-electron chi connectivity index (χ1n) is 8.44. The van der Waals surface area contributed by atoms with E-state index in [-0.39, 0.29) is 13.2 Å². The molecule has 8 nitrogen and oxygen atoms in total. The van der Waals surface area contributed by atoms with Crippen LogP contribution in [0.25, 0.3) is 0 Å². The van der Waals surface area contributed by atoms with Crippen molar-refractivity contribution in [1.82, 2.24) is 15.5 Å². The second kappa shape index (κ2) is 8.46. The molecule has 2 N–H and O–H groups in total. The van der Waals surface area contributed by atoms with Crippen molar-refractivity contribution >= 4 is 11.9 Å². The van der Waals surface area contributed by atoms with Crippen LogP contribution in [0.3, 0.4) is 0 Å². The molecular weight excluding hydrogens is 338 g/mol. The van der Waals surface area contributed by atoms with Gasteiger partial charge in [0, 0.05) is 13.5 Å². The molecule has 1 aromatic heterocycles. The fourth-order valence-electron chi connectivity index (χ4n) is 2.55. The van der Waals surface area contributed by atoms with Crippen LogP contribution in [-0.4, -0.2) is 33.7 Å². The molecule has 0 fully saturated rings. The summed E-state index contributed by atoms with van der Waals surface area (Å²) < 4.78 is 10.5. The third-order valence-corrected chi connectivity index (χ3v) is 4.45. The maximum absolute atomic E-state index is 12.5. The Kier molecular flexibility index (Phi) is 6.32. The molecule has 0 bridgehead atoms. The number of carbonyl (C=O) groups excluding carboxylic acids is 1. The number of carboxylic acid groups (broad SMARTS) is 1. The van der Waals surface area contributed by atoms with Crippen molar-refractivity contribution < 1.29 is 24.0 Å². The molecule has 8 heteroatoms. The zero-order chi connectivity index (χ0) is 19.2. The van der Waals surface area contributed by atoms with E-state index in [0.29, 0.717) is 35.9 Å². The quantitative estimate of drug-likeness (QED) is 0.705. The van der Waals surface area contributed by atoms with Crippen LogP contribution in [-0.2, 0) is 11.4 Å². The molecule has 140 valence electrons. The molecule has 0 radical (unpaired) electrons. The van der Waals surface area contributed by atoms with E-state index in [1.54, 1.807) is 45.0 Å². The van der Waals surface area contributed by atoms with E-state index in [1.807, 2.05) is 0 Å². The van der Waals surface area contributed by atoms with Gasteiger partial charge in [-0.3, -0.25) is 9.59 Å². The number of hydrogen-bond acceptors (Lipinski definition) is 6. The molecule has 0 saturated carbocycles. The second-order valence-corrected chi connectivity index (χ2v) is 5.99. The summed E-state index contributed by atoms with van der Waals surface area (Å²) in [7, 11) is 0. The number of aromatic nitrogens is 2. The van der Waals surface area contributed by atoms with E-state index in [9.17, 15) is 14.7 Å². The van der Waals surface area contributed by atoms with Crippen molar-refractivity contribution in [2.24, 2.45) is 5.41 Å². The van der Waals surface area contributed by atoms with Gasteiger partial charge in [0.2, 0.25) is 11.7 Å². The fraction of sp³-hybridized carbons (Fsp3) is 0.444. The molecule has 0 aliphatic carbocycles. The maximum atomic E-state index is 12.5. The number of rotatable bonds is 9. The number of aryl methyl sites for hydroxylation is 1. The van der Waals surface area contributed by atoms with Crippen LogP contribution in [0.4, 0.5) is 0 Å². The Balaban J connectivity index is 2.08. The van der Waals surface area contributed by atoms with Gasteiger partial charge in [0.15, 0.2) is 6.61 Å². The summed E-state index contributed by atoms with van der Waals surface area (Å²) in [4.78, 5) is 28.2. The van der Waals surface area contributed by atoms with Gasteiger partial charge in [-0.2, -0.15) is 4.98 Å². The maximum Gasteiger partial charge on any atom is 0.311 e. The number of ether oxygens (including phenoxy) is 1. The highest BCUT2D eigenvalue weighted by Crippen LogP contribution is 2.26. The molecule has 0 saturated heterocycles. The van der Waals surface area contributed by atoms with E-state index in [2.05, 4.69) is 15.5 Å².